The Morgan fingerprint density at radius 1 is 1.33 bits per heavy atom. The summed E-state index contributed by atoms with van der Waals surface area (Å²) in [5.74, 6) is 0. The van der Waals surface area contributed by atoms with Gasteiger partial charge in [0.25, 0.3) is 0 Å². The van der Waals surface area contributed by atoms with Crippen LogP contribution in [0, 0.1) is 0 Å². The van der Waals surface area contributed by atoms with Gasteiger partial charge >= 0.3 is 0 Å². The standard InChI is InChI=1S/C9H20O3/c1-3-4-5-6-8(11)9(7-10)12-2/h8-11H,3-7H2,1-2H3. The van der Waals surface area contributed by atoms with E-state index in [4.69, 9.17) is 9.84 Å². The highest BCUT2D eigenvalue weighted by Gasteiger charge is 2.16. The molecule has 0 rings (SSSR count). The predicted molar refractivity (Wildman–Crippen MR) is 48.0 cm³/mol. The minimum absolute atomic E-state index is 0.107. The van der Waals surface area contributed by atoms with Crippen molar-refractivity contribution in [1.82, 2.24) is 0 Å². The average Bonchev–Trinajstić information content (AvgIpc) is 2.07. The zero-order valence-electron chi connectivity index (χ0n) is 7.99. The molecule has 3 heteroatoms. The summed E-state index contributed by atoms with van der Waals surface area (Å²) in [6.07, 6.45) is 3.04. The number of hydrogen-bond acceptors (Lipinski definition) is 3. The molecule has 2 atom stereocenters. The molecule has 0 aliphatic carbocycles. The summed E-state index contributed by atoms with van der Waals surface area (Å²) in [5.41, 5.74) is 0. The topological polar surface area (TPSA) is 49.7 Å². The number of hydrogen-bond donors (Lipinski definition) is 2. The average molecular weight is 176 g/mol. The lowest BCUT2D eigenvalue weighted by Crippen LogP contribution is -2.31. The predicted octanol–water partition coefficient (Wildman–Crippen LogP) is 0.935. The first kappa shape index (κ1) is 11.9. The second-order valence-corrected chi connectivity index (χ2v) is 3.02. The van der Waals surface area contributed by atoms with Gasteiger partial charge in [-0.15, -0.1) is 0 Å². The van der Waals surface area contributed by atoms with Crippen LogP contribution in [0.3, 0.4) is 0 Å². The van der Waals surface area contributed by atoms with Crippen molar-refractivity contribution in [2.45, 2.75) is 44.8 Å². The number of aliphatic hydroxyl groups excluding tert-OH is 2. The van der Waals surface area contributed by atoms with Crippen molar-refractivity contribution in [1.29, 1.82) is 0 Å². The van der Waals surface area contributed by atoms with Gasteiger partial charge in [0.05, 0.1) is 12.7 Å². The monoisotopic (exact) mass is 176 g/mol. The van der Waals surface area contributed by atoms with Gasteiger partial charge in [-0.25, -0.2) is 0 Å². The van der Waals surface area contributed by atoms with E-state index in [0.29, 0.717) is 6.42 Å². The quantitative estimate of drug-likeness (QED) is 0.567. The highest BCUT2D eigenvalue weighted by atomic mass is 16.5. The van der Waals surface area contributed by atoms with Crippen molar-refractivity contribution < 1.29 is 14.9 Å². The van der Waals surface area contributed by atoms with Crippen LogP contribution < -0.4 is 0 Å². The van der Waals surface area contributed by atoms with E-state index in [1.54, 1.807) is 0 Å². The summed E-state index contributed by atoms with van der Waals surface area (Å²) in [5, 5.41) is 18.2. The Kier molecular flexibility index (Phi) is 7.45. The molecule has 0 aliphatic heterocycles. The third-order valence-corrected chi connectivity index (χ3v) is 2.02. The molecule has 0 aliphatic rings. The van der Waals surface area contributed by atoms with Gasteiger partial charge in [0.2, 0.25) is 0 Å². The molecular weight excluding hydrogens is 156 g/mol. The van der Waals surface area contributed by atoms with Gasteiger partial charge < -0.3 is 14.9 Å². The summed E-state index contributed by atoms with van der Waals surface area (Å²) in [7, 11) is 1.50. The number of methoxy groups -OCH3 is 1. The lowest BCUT2D eigenvalue weighted by molar-refractivity contribution is -0.0445. The largest absolute Gasteiger partial charge is 0.394 e. The highest BCUT2D eigenvalue weighted by Crippen LogP contribution is 2.08. The lowest BCUT2D eigenvalue weighted by Gasteiger charge is -2.18. The van der Waals surface area contributed by atoms with Gasteiger partial charge in [0.1, 0.15) is 6.10 Å². The van der Waals surface area contributed by atoms with Crippen molar-refractivity contribution in [3.63, 3.8) is 0 Å². The van der Waals surface area contributed by atoms with E-state index in [1.165, 1.54) is 7.11 Å². The van der Waals surface area contributed by atoms with Crippen LogP contribution in [0.4, 0.5) is 0 Å². The van der Waals surface area contributed by atoms with Crippen molar-refractivity contribution in [2.24, 2.45) is 0 Å². The smallest absolute Gasteiger partial charge is 0.106 e. The molecule has 0 saturated carbocycles. The first-order valence-corrected chi connectivity index (χ1v) is 4.58. The fourth-order valence-electron chi connectivity index (χ4n) is 1.14. The van der Waals surface area contributed by atoms with Crippen molar-refractivity contribution in [3.8, 4) is 0 Å². The second kappa shape index (κ2) is 7.53. The summed E-state index contributed by atoms with van der Waals surface area (Å²) in [6, 6.07) is 0. The number of aliphatic hydroxyl groups is 2. The summed E-state index contributed by atoms with van der Waals surface area (Å²) in [6.45, 7) is 2.01. The fraction of sp³-hybridized carbons (Fsp3) is 1.00. The van der Waals surface area contributed by atoms with Gasteiger partial charge in [-0.05, 0) is 6.42 Å². The molecule has 0 aromatic rings. The van der Waals surface area contributed by atoms with E-state index in [2.05, 4.69) is 6.92 Å². The normalized spacial score (nSPS) is 16.0. The Balaban J connectivity index is 3.47. The molecule has 0 fully saturated rings. The van der Waals surface area contributed by atoms with Crippen molar-refractivity contribution in [3.05, 3.63) is 0 Å². The van der Waals surface area contributed by atoms with Crippen LogP contribution >= 0.6 is 0 Å². The molecule has 74 valence electrons. The maximum Gasteiger partial charge on any atom is 0.106 e. The van der Waals surface area contributed by atoms with Gasteiger partial charge in [-0.1, -0.05) is 26.2 Å². The Labute approximate surface area is 74.4 Å². The Bertz CT molecular complexity index is 91.8. The molecule has 0 spiro atoms. The maximum absolute atomic E-state index is 9.45. The first-order valence-electron chi connectivity index (χ1n) is 4.58. The molecule has 0 aromatic carbocycles. The van der Waals surface area contributed by atoms with E-state index >= 15 is 0 Å². The minimum Gasteiger partial charge on any atom is -0.394 e. The number of unbranched alkanes of at least 4 members (excludes halogenated alkanes) is 2. The van der Waals surface area contributed by atoms with Crippen LogP contribution in [0.2, 0.25) is 0 Å². The molecule has 0 amide bonds. The van der Waals surface area contributed by atoms with E-state index in [-0.39, 0.29) is 6.61 Å². The van der Waals surface area contributed by atoms with Gasteiger partial charge in [-0.3, -0.25) is 0 Å². The lowest BCUT2D eigenvalue weighted by atomic mass is 10.1. The van der Waals surface area contributed by atoms with E-state index < -0.39 is 12.2 Å². The number of rotatable bonds is 7. The van der Waals surface area contributed by atoms with Crippen LogP contribution in [-0.2, 0) is 4.74 Å². The zero-order valence-corrected chi connectivity index (χ0v) is 7.99. The first-order chi connectivity index (χ1) is 5.76. The Morgan fingerprint density at radius 2 is 2.00 bits per heavy atom. The molecule has 0 saturated heterocycles. The fourth-order valence-corrected chi connectivity index (χ4v) is 1.14. The van der Waals surface area contributed by atoms with Crippen LogP contribution in [0.5, 0.6) is 0 Å². The van der Waals surface area contributed by atoms with E-state index in [1.807, 2.05) is 0 Å². The second-order valence-electron chi connectivity index (χ2n) is 3.02. The Hall–Kier alpha value is -0.120. The van der Waals surface area contributed by atoms with Gasteiger partial charge in [0, 0.05) is 7.11 Å². The van der Waals surface area contributed by atoms with Crippen molar-refractivity contribution in [2.75, 3.05) is 13.7 Å². The van der Waals surface area contributed by atoms with Crippen LogP contribution in [0.25, 0.3) is 0 Å². The van der Waals surface area contributed by atoms with E-state index in [0.717, 1.165) is 19.3 Å². The highest BCUT2D eigenvalue weighted by molar-refractivity contribution is 4.67. The molecule has 2 N–H and O–H groups in total. The molecule has 2 unspecified atom stereocenters. The van der Waals surface area contributed by atoms with Gasteiger partial charge in [0.15, 0.2) is 0 Å². The molecule has 0 aromatic heterocycles. The Morgan fingerprint density at radius 3 is 2.42 bits per heavy atom. The molecule has 12 heavy (non-hydrogen) atoms. The zero-order chi connectivity index (χ0) is 9.40. The van der Waals surface area contributed by atoms with Crippen LogP contribution in [0.1, 0.15) is 32.6 Å². The maximum atomic E-state index is 9.45. The summed E-state index contributed by atoms with van der Waals surface area (Å²) in [4.78, 5) is 0. The number of ether oxygens (including phenoxy) is 1. The molecule has 3 nitrogen and oxygen atoms in total. The molecule has 0 heterocycles. The SMILES string of the molecule is CCCCCC(O)C(CO)OC. The van der Waals surface area contributed by atoms with Crippen LogP contribution in [-0.4, -0.2) is 36.1 Å². The van der Waals surface area contributed by atoms with E-state index in [9.17, 15) is 5.11 Å². The molecule has 0 radical (unpaired) electrons. The van der Waals surface area contributed by atoms with Gasteiger partial charge in [-0.2, -0.15) is 0 Å². The summed E-state index contributed by atoms with van der Waals surface area (Å²) < 4.78 is 4.89. The third kappa shape index (κ3) is 4.70. The molecule has 0 bridgehead atoms. The third-order valence-electron chi connectivity index (χ3n) is 2.02. The summed E-state index contributed by atoms with van der Waals surface area (Å²) >= 11 is 0. The van der Waals surface area contributed by atoms with Crippen LogP contribution in [0.15, 0.2) is 0 Å². The van der Waals surface area contributed by atoms with Crippen molar-refractivity contribution >= 4 is 0 Å². The minimum atomic E-state index is -0.522. The molecular formula is C9H20O3.